The maximum atomic E-state index is 11.8. The molecule has 0 amide bonds. The minimum atomic E-state index is -1.25. The minimum Gasteiger partial charge on any atom is -0.480 e. The summed E-state index contributed by atoms with van der Waals surface area (Å²) < 4.78 is 0.587. The van der Waals surface area contributed by atoms with Gasteiger partial charge in [-0.25, -0.2) is 0 Å². The predicted molar refractivity (Wildman–Crippen MR) is 68.1 cm³/mol. The summed E-state index contributed by atoms with van der Waals surface area (Å²) in [6.07, 6.45) is -0.327. The highest BCUT2D eigenvalue weighted by Crippen LogP contribution is 2.28. The van der Waals surface area contributed by atoms with Crippen LogP contribution in [0.2, 0.25) is 5.02 Å². The molecule has 1 atom stereocenters. The summed E-state index contributed by atoms with van der Waals surface area (Å²) in [6, 6.07) is 1.78. The van der Waals surface area contributed by atoms with E-state index in [-0.39, 0.29) is 22.7 Å². The van der Waals surface area contributed by atoms with Crippen molar-refractivity contribution in [3.05, 3.63) is 27.2 Å². The van der Waals surface area contributed by atoms with Crippen LogP contribution in [-0.2, 0) is 4.79 Å². The number of carboxylic acid groups (broad SMARTS) is 1. The topological polar surface area (TPSA) is 106 Å². The van der Waals surface area contributed by atoms with Gasteiger partial charge in [0.25, 0.3) is 0 Å². The largest absolute Gasteiger partial charge is 0.480 e. The van der Waals surface area contributed by atoms with Crippen molar-refractivity contribution in [3.8, 4) is 0 Å². The lowest BCUT2D eigenvalue weighted by Crippen LogP contribution is -2.32. The van der Waals surface area contributed by atoms with Gasteiger partial charge in [0.05, 0.1) is 10.7 Å². The van der Waals surface area contributed by atoms with Crippen LogP contribution in [0.15, 0.2) is 16.6 Å². The number of carbonyl (C=O) groups excluding carboxylic acids is 1. The molecular weight excluding hydrogens is 311 g/mol. The second kappa shape index (κ2) is 5.48. The molecular formula is C10H10BrClN2O3. The molecule has 0 aliphatic carbocycles. The fourth-order valence-corrected chi connectivity index (χ4v) is 2.02. The van der Waals surface area contributed by atoms with Crippen LogP contribution in [0.1, 0.15) is 16.8 Å². The average molecular weight is 322 g/mol. The van der Waals surface area contributed by atoms with Crippen LogP contribution < -0.4 is 11.5 Å². The molecule has 0 saturated heterocycles. The molecule has 1 aromatic rings. The Balaban J connectivity index is 3.01. The molecule has 0 fully saturated rings. The molecule has 0 aliphatic rings. The van der Waals surface area contributed by atoms with E-state index in [2.05, 4.69) is 15.9 Å². The van der Waals surface area contributed by atoms with E-state index in [0.29, 0.717) is 4.47 Å². The van der Waals surface area contributed by atoms with Gasteiger partial charge in [0.1, 0.15) is 6.04 Å². The maximum Gasteiger partial charge on any atom is 0.320 e. The van der Waals surface area contributed by atoms with Crippen LogP contribution in [0.4, 0.5) is 5.69 Å². The number of aliphatic carboxylic acids is 1. The zero-order chi connectivity index (χ0) is 13.2. The third kappa shape index (κ3) is 3.42. The molecule has 1 unspecified atom stereocenters. The SMILES string of the molecule is Nc1c(Cl)cc(Br)cc1C(=O)CC(N)C(=O)O. The summed E-state index contributed by atoms with van der Waals surface area (Å²) in [5.74, 6) is -1.70. The minimum absolute atomic E-state index is 0.123. The van der Waals surface area contributed by atoms with Crippen molar-refractivity contribution in [1.82, 2.24) is 0 Å². The highest BCUT2D eigenvalue weighted by atomic mass is 79.9. The quantitative estimate of drug-likeness (QED) is 0.577. The number of anilines is 1. The highest BCUT2D eigenvalue weighted by molar-refractivity contribution is 9.10. The monoisotopic (exact) mass is 320 g/mol. The third-order valence-corrected chi connectivity index (χ3v) is 2.89. The first-order valence-corrected chi connectivity index (χ1v) is 5.76. The first kappa shape index (κ1) is 14.0. The number of Topliss-reactive ketones (excluding diaryl/α,β-unsaturated/α-hetero) is 1. The van der Waals surface area contributed by atoms with Gasteiger partial charge in [0.2, 0.25) is 0 Å². The fourth-order valence-electron chi connectivity index (χ4n) is 1.21. The van der Waals surface area contributed by atoms with E-state index in [1.807, 2.05) is 0 Å². The predicted octanol–water partition coefficient (Wildman–Crippen LogP) is 1.67. The van der Waals surface area contributed by atoms with E-state index in [1.165, 1.54) is 6.07 Å². The normalized spacial score (nSPS) is 12.2. The summed E-state index contributed by atoms with van der Waals surface area (Å²) in [7, 11) is 0. The van der Waals surface area contributed by atoms with Gasteiger partial charge in [0, 0.05) is 16.5 Å². The standard InChI is InChI=1S/C10H10BrClN2O3/c11-4-1-5(9(14)6(12)2-4)8(15)3-7(13)10(16)17/h1-2,7H,3,13-14H2,(H,16,17). The maximum absolute atomic E-state index is 11.8. The average Bonchev–Trinajstić information content (AvgIpc) is 2.22. The van der Waals surface area contributed by atoms with Crippen LogP contribution in [-0.4, -0.2) is 22.9 Å². The second-order valence-corrected chi connectivity index (χ2v) is 4.74. The number of ketones is 1. The van der Waals surface area contributed by atoms with Crippen molar-refractivity contribution in [2.24, 2.45) is 5.73 Å². The molecule has 1 aromatic carbocycles. The van der Waals surface area contributed by atoms with E-state index in [1.54, 1.807) is 6.07 Å². The zero-order valence-corrected chi connectivity index (χ0v) is 11.0. The second-order valence-electron chi connectivity index (χ2n) is 3.42. The molecule has 0 heterocycles. The molecule has 5 N–H and O–H groups in total. The molecule has 0 spiro atoms. The zero-order valence-electron chi connectivity index (χ0n) is 8.61. The molecule has 1 rings (SSSR count). The Morgan fingerprint density at radius 2 is 2.06 bits per heavy atom. The fraction of sp³-hybridized carbons (Fsp3) is 0.200. The molecule has 0 saturated carbocycles. The number of carboxylic acids is 1. The first-order chi connectivity index (χ1) is 7.82. The lowest BCUT2D eigenvalue weighted by molar-refractivity contribution is -0.138. The smallest absolute Gasteiger partial charge is 0.320 e. The van der Waals surface area contributed by atoms with Gasteiger partial charge in [-0.2, -0.15) is 0 Å². The Morgan fingerprint density at radius 3 is 2.59 bits per heavy atom. The van der Waals surface area contributed by atoms with Crippen molar-refractivity contribution in [2.45, 2.75) is 12.5 Å². The Kier molecular flexibility index (Phi) is 4.50. The van der Waals surface area contributed by atoms with E-state index in [9.17, 15) is 9.59 Å². The van der Waals surface area contributed by atoms with Crippen molar-refractivity contribution in [2.75, 3.05) is 5.73 Å². The molecule has 0 aliphatic heterocycles. The summed E-state index contributed by atoms with van der Waals surface area (Å²) in [6.45, 7) is 0. The summed E-state index contributed by atoms with van der Waals surface area (Å²) in [5.41, 5.74) is 11.2. The molecule has 92 valence electrons. The first-order valence-electron chi connectivity index (χ1n) is 4.59. The Hall–Kier alpha value is -1.11. The summed E-state index contributed by atoms with van der Waals surface area (Å²) >= 11 is 8.98. The lowest BCUT2D eigenvalue weighted by atomic mass is 10.0. The van der Waals surface area contributed by atoms with Crippen LogP contribution in [0, 0.1) is 0 Å². The van der Waals surface area contributed by atoms with E-state index in [0.717, 1.165) is 0 Å². The number of rotatable bonds is 4. The van der Waals surface area contributed by atoms with E-state index < -0.39 is 17.8 Å². The van der Waals surface area contributed by atoms with Crippen LogP contribution in [0.25, 0.3) is 0 Å². The number of carbonyl (C=O) groups is 2. The highest BCUT2D eigenvalue weighted by Gasteiger charge is 2.20. The van der Waals surface area contributed by atoms with Crippen molar-refractivity contribution < 1.29 is 14.7 Å². The molecule has 0 radical (unpaired) electrons. The van der Waals surface area contributed by atoms with E-state index >= 15 is 0 Å². The van der Waals surface area contributed by atoms with Gasteiger partial charge in [0.15, 0.2) is 5.78 Å². The number of halogens is 2. The molecule has 0 bridgehead atoms. The summed E-state index contributed by atoms with van der Waals surface area (Å²) in [4.78, 5) is 22.3. The van der Waals surface area contributed by atoms with Gasteiger partial charge in [-0.15, -0.1) is 0 Å². The molecule has 0 aromatic heterocycles. The van der Waals surface area contributed by atoms with Crippen molar-refractivity contribution in [1.29, 1.82) is 0 Å². The van der Waals surface area contributed by atoms with Gasteiger partial charge in [-0.1, -0.05) is 27.5 Å². The van der Waals surface area contributed by atoms with Gasteiger partial charge < -0.3 is 16.6 Å². The molecule has 17 heavy (non-hydrogen) atoms. The van der Waals surface area contributed by atoms with Crippen molar-refractivity contribution in [3.63, 3.8) is 0 Å². The molecule has 5 nitrogen and oxygen atoms in total. The van der Waals surface area contributed by atoms with Crippen LogP contribution in [0.5, 0.6) is 0 Å². The number of hydrogen-bond donors (Lipinski definition) is 3. The van der Waals surface area contributed by atoms with Gasteiger partial charge >= 0.3 is 5.97 Å². The lowest BCUT2D eigenvalue weighted by Gasteiger charge is -2.09. The van der Waals surface area contributed by atoms with Crippen LogP contribution >= 0.6 is 27.5 Å². The third-order valence-electron chi connectivity index (χ3n) is 2.12. The van der Waals surface area contributed by atoms with Gasteiger partial charge in [-0.05, 0) is 12.1 Å². The number of hydrogen-bond acceptors (Lipinski definition) is 4. The van der Waals surface area contributed by atoms with Crippen LogP contribution in [0.3, 0.4) is 0 Å². The summed E-state index contributed by atoms with van der Waals surface area (Å²) in [5, 5.41) is 8.84. The molecule has 7 heteroatoms. The number of benzene rings is 1. The number of nitrogen functional groups attached to an aromatic ring is 1. The van der Waals surface area contributed by atoms with Crippen molar-refractivity contribution >= 4 is 45.0 Å². The Morgan fingerprint density at radius 1 is 1.47 bits per heavy atom. The Labute approximate surface area is 111 Å². The number of nitrogens with two attached hydrogens (primary N) is 2. The van der Waals surface area contributed by atoms with Gasteiger partial charge in [-0.3, -0.25) is 9.59 Å². The Bertz CT molecular complexity index is 479. The van der Waals surface area contributed by atoms with E-state index in [4.69, 9.17) is 28.2 Å².